The molecule has 0 saturated heterocycles. The molecule has 2 aromatic rings. The Labute approximate surface area is 126 Å². The van der Waals surface area contributed by atoms with Gasteiger partial charge < -0.3 is 11.1 Å². The fourth-order valence-electron chi connectivity index (χ4n) is 1.79. The van der Waals surface area contributed by atoms with Crippen molar-refractivity contribution in [2.75, 3.05) is 12.3 Å². The van der Waals surface area contributed by atoms with Crippen LogP contribution in [0.1, 0.15) is 15.9 Å². The molecule has 0 fully saturated rings. The summed E-state index contributed by atoms with van der Waals surface area (Å²) in [5, 5.41) is 7.31. The summed E-state index contributed by atoms with van der Waals surface area (Å²) in [6.07, 6.45) is 4.35. The number of nitrogens with two attached hydrogens (primary N) is 1. The fourth-order valence-corrected chi connectivity index (χ4v) is 2.21. The van der Waals surface area contributed by atoms with Gasteiger partial charge in [0.25, 0.3) is 5.91 Å². The van der Waals surface area contributed by atoms with Crippen LogP contribution in [0.15, 0.2) is 24.5 Å². The summed E-state index contributed by atoms with van der Waals surface area (Å²) in [6, 6.07) is 3.02. The summed E-state index contributed by atoms with van der Waals surface area (Å²) >= 11 is 11.9. The molecule has 20 heavy (non-hydrogen) atoms. The maximum atomic E-state index is 12.0. The van der Waals surface area contributed by atoms with E-state index in [1.165, 1.54) is 12.1 Å². The zero-order chi connectivity index (χ0) is 14.7. The first kappa shape index (κ1) is 14.7. The molecule has 0 atom stereocenters. The lowest BCUT2D eigenvalue weighted by atomic mass is 10.2. The van der Waals surface area contributed by atoms with Gasteiger partial charge in [-0.05, 0) is 24.1 Å². The average Bonchev–Trinajstić information content (AvgIpc) is 2.79. The van der Waals surface area contributed by atoms with E-state index in [-0.39, 0.29) is 21.5 Å². The number of aryl methyl sites for hydroxylation is 1. The monoisotopic (exact) mass is 312 g/mol. The third-order valence-electron chi connectivity index (χ3n) is 2.75. The van der Waals surface area contributed by atoms with Crippen LogP contribution in [0.2, 0.25) is 10.0 Å². The van der Waals surface area contributed by atoms with E-state index in [1.807, 2.05) is 13.2 Å². The van der Waals surface area contributed by atoms with Gasteiger partial charge in [0.1, 0.15) is 0 Å². The minimum Gasteiger partial charge on any atom is -0.399 e. The minimum absolute atomic E-state index is 0.208. The summed E-state index contributed by atoms with van der Waals surface area (Å²) in [5.74, 6) is -0.298. The maximum absolute atomic E-state index is 12.0. The number of nitrogens with one attached hydrogen (secondary N) is 1. The van der Waals surface area contributed by atoms with Crippen LogP contribution < -0.4 is 11.1 Å². The van der Waals surface area contributed by atoms with E-state index in [0.717, 1.165) is 5.56 Å². The largest absolute Gasteiger partial charge is 0.399 e. The van der Waals surface area contributed by atoms with Crippen molar-refractivity contribution < 1.29 is 4.79 Å². The van der Waals surface area contributed by atoms with Gasteiger partial charge in [-0.2, -0.15) is 5.10 Å². The molecule has 0 radical (unpaired) electrons. The molecule has 0 unspecified atom stereocenters. The number of halogens is 2. The molecule has 1 aromatic carbocycles. The number of anilines is 1. The van der Waals surface area contributed by atoms with E-state index in [1.54, 1.807) is 10.9 Å². The zero-order valence-corrected chi connectivity index (χ0v) is 12.4. The number of hydrogen-bond acceptors (Lipinski definition) is 3. The van der Waals surface area contributed by atoms with Gasteiger partial charge in [0.05, 0.1) is 21.8 Å². The number of nitrogens with zero attached hydrogens (tertiary/aromatic N) is 2. The first-order valence-corrected chi connectivity index (χ1v) is 6.73. The molecule has 5 nitrogen and oxygen atoms in total. The van der Waals surface area contributed by atoms with Crippen molar-refractivity contribution in [2.45, 2.75) is 6.42 Å². The molecule has 1 aromatic heterocycles. The number of nitrogen functional groups attached to an aromatic ring is 1. The second kappa shape index (κ2) is 6.15. The Balaban J connectivity index is 1.98. The first-order chi connectivity index (χ1) is 9.47. The SMILES string of the molecule is Cn1cc(CCNC(=O)c2cc(N)cc(Cl)c2Cl)cn1. The second-order valence-corrected chi connectivity index (χ2v) is 5.18. The number of rotatable bonds is 4. The van der Waals surface area contributed by atoms with Crippen molar-refractivity contribution in [3.63, 3.8) is 0 Å². The van der Waals surface area contributed by atoms with Crippen molar-refractivity contribution in [3.05, 3.63) is 45.7 Å². The molecule has 7 heteroatoms. The third kappa shape index (κ3) is 3.43. The molecule has 3 N–H and O–H groups in total. The number of carbonyl (C=O) groups is 1. The Morgan fingerprint density at radius 3 is 2.85 bits per heavy atom. The van der Waals surface area contributed by atoms with E-state index in [9.17, 15) is 4.79 Å². The van der Waals surface area contributed by atoms with Crippen molar-refractivity contribution in [1.82, 2.24) is 15.1 Å². The summed E-state index contributed by atoms with van der Waals surface area (Å²) in [4.78, 5) is 12.0. The normalized spacial score (nSPS) is 10.6. The smallest absolute Gasteiger partial charge is 0.252 e. The lowest BCUT2D eigenvalue weighted by Crippen LogP contribution is -2.26. The van der Waals surface area contributed by atoms with Gasteiger partial charge in [-0.3, -0.25) is 9.48 Å². The van der Waals surface area contributed by atoms with Crippen molar-refractivity contribution in [3.8, 4) is 0 Å². The van der Waals surface area contributed by atoms with Crippen molar-refractivity contribution in [2.24, 2.45) is 7.05 Å². The number of amides is 1. The highest BCUT2D eigenvalue weighted by atomic mass is 35.5. The highest BCUT2D eigenvalue weighted by molar-refractivity contribution is 6.44. The summed E-state index contributed by atoms with van der Waals surface area (Å²) in [6.45, 7) is 0.479. The van der Waals surface area contributed by atoms with Gasteiger partial charge in [0.15, 0.2) is 0 Å². The van der Waals surface area contributed by atoms with Gasteiger partial charge in [-0.1, -0.05) is 23.2 Å². The average molecular weight is 313 g/mol. The predicted octanol–water partition coefficient (Wildman–Crippen LogP) is 2.28. The van der Waals surface area contributed by atoms with Crippen LogP contribution in [0.5, 0.6) is 0 Å². The molecule has 0 bridgehead atoms. The van der Waals surface area contributed by atoms with E-state index in [0.29, 0.717) is 18.7 Å². The van der Waals surface area contributed by atoms with E-state index < -0.39 is 0 Å². The minimum atomic E-state index is -0.298. The second-order valence-electron chi connectivity index (χ2n) is 4.39. The van der Waals surface area contributed by atoms with Gasteiger partial charge in [0.2, 0.25) is 0 Å². The van der Waals surface area contributed by atoms with Crippen LogP contribution in [0.25, 0.3) is 0 Å². The van der Waals surface area contributed by atoms with E-state index in [2.05, 4.69) is 10.4 Å². The highest BCUT2D eigenvalue weighted by Gasteiger charge is 2.13. The molecule has 0 aliphatic heterocycles. The number of aromatic nitrogens is 2. The molecule has 2 rings (SSSR count). The van der Waals surface area contributed by atoms with Crippen LogP contribution in [-0.2, 0) is 13.5 Å². The lowest BCUT2D eigenvalue weighted by Gasteiger charge is -2.08. The number of benzene rings is 1. The molecular weight excluding hydrogens is 299 g/mol. The van der Waals surface area contributed by atoms with E-state index in [4.69, 9.17) is 28.9 Å². The predicted molar refractivity (Wildman–Crippen MR) is 80.1 cm³/mol. The third-order valence-corrected chi connectivity index (χ3v) is 3.55. The quantitative estimate of drug-likeness (QED) is 0.851. The highest BCUT2D eigenvalue weighted by Crippen LogP contribution is 2.28. The molecule has 1 amide bonds. The molecule has 0 saturated carbocycles. The van der Waals surface area contributed by atoms with Crippen molar-refractivity contribution >= 4 is 34.8 Å². The molecule has 0 aliphatic carbocycles. The summed E-state index contributed by atoms with van der Waals surface area (Å²) in [5.41, 5.74) is 7.38. The summed E-state index contributed by atoms with van der Waals surface area (Å²) in [7, 11) is 1.84. The van der Waals surface area contributed by atoms with Gasteiger partial charge in [-0.15, -0.1) is 0 Å². The topological polar surface area (TPSA) is 72.9 Å². The maximum Gasteiger partial charge on any atom is 0.252 e. The van der Waals surface area contributed by atoms with Crippen LogP contribution in [0, 0.1) is 0 Å². The Morgan fingerprint density at radius 2 is 2.20 bits per heavy atom. The summed E-state index contributed by atoms with van der Waals surface area (Å²) < 4.78 is 1.71. The van der Waals surface area contributed by atoms with Crippen LogP contribution in [0.4, 0.5) is 5.69 Å². The Morgan fingerprint density at radius 1 is 1.45 bits per heavy atom. The number of hydrogen-bond donors (Lipinski definition) is 2. The lowest BCUT2D eigenvalue weighted by molar-refractivity contribution is 0.0954. The van der Waals surface area contributed by atoms with Crippen LogP contribution >= 0.6 is 23.2 Å². The van der Waals surface area contributed by atoms with Crippen LogP contribution in [0.3, 0.4) is 0 Å². The van der Waals surface area contributed by atoms with Gasteiger partial charge in [-0.25, -0.2) is 0 Å². The van der Waals surface area contributed by atoms with Crippen LogP contribution in [-0.4, -0.2) is 22.2 Å². The molecule has 106 valence electrons. The Kier molecular flexibility index (Phi) is 4.52. The molecule has 0 aliphatic rings. The molecule has 1 heterocycles. The molecule has 0 spiro atoms. The fraction of sp³-hybridized carbons (Fsp3) is 0.231. The number of carbonyl (C=O) groups excluding carboxylic acids is 1. The zero-order valence-electron chi connectivity index (χ0n) is 10.9. The van der Waals surface area contributed by atoms with Gasteiger partial charge in [0, 0.05) is 25.5 Å². The van der Waals surface area contributed by atoms with E-state index >= 15 is 0 Å². The van der Waals surface area contributed by atoms with Crippen molar-refractivity contribution in [1.29, 1.82) is 0 Å². The first-order valence-electron chi connectivity index (χ1n) is 5.97. The van der Waals surface area contributed by atoms with Gasteiger partial charge >= 0.3 is 0 Å². The standard InChI is InChI=1S/C13H14Cl2N4O/c1-19-7-8(6-18-19)2-3-17-13(20)10-4-9(16)5-11(14)12(10)15/h4-7H,2-3,16H2,1H3,(H,17,20). The Bertz CT molecular complexity index is 639. The Hall–Kier alpha value is -1.72. The molecular formula is C13H14Cl2N4O.